The Labute approximate surface area is 132 Å². The van der Waals surface area contributed by atoms with E-state index in [0.717, 1.165) is 16.6 Å². The Kier molecular flexibility index (Phi) is 4.10. The number of hydrazone groups is 1. The number of aryl methyl sites for hydroxylation is 1. The molecule has 0 unspecified atom stereocenters. The Bertz CT molecular complexity index is 888. The van der Waals surface area contributed by atoms with Crippen molar-refractivity contribution in [1.29, 1.82) is 0 Å². The first-order valence-corrected chi connectivity index (χ1v) is 7.09. The number of pyridine rings is 1. The Morgan fingerprint density at radius 3 is 2.70 bits per heavy atom. The number of rotatable bonds is 3. The molecule has 5 heteroatoms. The fourth-order valence-electron chi connectivity index (χ4n) is 2.27. The minimum absolute atomic E-state index is 0.315. The molecule has 0 aliphatic carbocycles. The van der Waals surface area contributed by atoms with Crippen LogP contribution < -0.4 is 5.43 Å². The summed E-state index contributed by atoms with van der Waals surface area (Å²) in [5.74, 6) is -0.630. The summed E-state index contributed by atoms with van der Waals surface area (Å²) in [6, 6.07) is 15.0. The van der Waals surface area contributed by atoms with E-state index in [1.807, 2.05) is 31.2 Å². The number of hydrogen-bond donors (Lipinski definition) is 1. The number of para-hydroxylation sites is 1. The van der Waals surface area contributed by atoms with Crippen molar-refractivity contribution in [1.82, 2.24) is 10.4 Å². The van der Waals surface area contributed by atoms with Gasteiger partial charge in [0.15, 0.2) is 0 Å². The predicted octanol–water partition coefficient (Wildman–Crippen LogP) is 3.45. The van der Waals surface area contributed by atoms with Crippen LogP contribution in [0.2, 0.25) is 0 Å². The van der Waals surface area contributed by atoms with Gasteiger partial charge in [0.25, 0.3) is 5.91 Å². The van der Waals surface area contributed by atoms with Crippen molar-refractivity contribution < 1.29 is 9.18 Å². The van der Waals surface area contributed by atoms with Crippen molar-refractivity contribution in [3.63, 3.8) is 0 Å². The zero-order valence-corrected chi connectivity index (χ0v) is 12.5. The number of hydrogen-bond acceptors (Lipinski definition) is 3. The van der Waals surface area contributed by atoms with Gasteiger partial charge in [0.1, 0.15) is 5.82 Å². The molecule has 3 aromatic rings. The molecule has 4 nitrogen and oxygen atoms in total. The van der Waals surface area contributed by atoms with Gasteiger partial charge in [-0.2, -0.15) is 5.10 Å². The summed E-state index contributed by atoms with van der Waals surface area (Å²) in [7, 11) is 0. The monoisotopic (exact) mass is 307 g/mol. The van der Waals surface area contributed by atoms with Gasteiger partial charge in [0, 0.05) is 11.1 Å². The van der Waals surface area contributed by atoms with E-state index in [-0.39, 0.29) is 11.7 Å². The van der Waals surface area contributed by atoms with Crippen molar-refractivity contribution in [2.24, 2.45) is 5.10 Å². The zero-order chi connectivity index (χ0) is 16.2. The molecule has 0 spiro atoms. The van der Waals surface area contributed by atoms with Gasteiger partial charge in [0.05, 0.1) is 17.3 Å². The number of carbonyl (C=O) groups excluding carboxylic acids is 1. The van der Waals surface area contributed by atoms with Crippen LogP contribution >= 0.6 is 0 Å². The van der Waals surface area contributed by atoms with E-state index >= 15 is 0 Å². The summed E-state index contributed by atoms with van der Waals surface area (Å²) in [4.78, 5) is 16.7. The largest absolute Gasteiger partial charge is 0.272 e. The number of benzene rings is 2. The van der Waals surface area contributed by atoms with Gasteiger partial charge < -0.3 is 0 Å². The molecule has 3 rings (SSSR count). The summed E-state index contributed by atoms with van der Waals surface area (Å²) >= 11 is 0. The van der Waals surface area contributed by atoms with Gasteiger partial charge in [0.2, 0.25) is 0 Å². The van der Waals surface area contributed by atoms with E-state index in [2.05, 4.69) is 15.5 Å². The number of fused-ring (bicyclic) bond motifs is 1. The lowest BCUT2D eigenvalue weighted by atomic mass is 10.1. The average molecular weight is 307 g/mol. The smallest absolute Gasteiger partial charge is 0.267 e. The maximum absolute atomic E-state index is 12.8. The van der Waals surface area contributed by atoms with Gasteiger partial charge in [-0.1, -0.05) is 30.3 Å². The number of nitrogens with zero attached hydrogens (tertiary/aromatic N) is 2. The Morgan fingerprint density at radius 2 is 1.91 bits per heavy atom. The number of nitrogens with one attached hydrogen (secondary N) is 1. The van der Waals surface area contributed by atoms with Gasteiger partial charge in [-0.25, -0.2) is 9.82 Å². The molecular weight excluding hydrogens is 293 g/mol. The molecule has 0 atom stereocenters. The quantitative estimate of drug-likeness (QED) is 0.595. The maximum atomic E-state index is 12.8. The van der Waals surface area contributed by atoms with Crippen molar-refractivity contribution in [3.8, 4) is 0 Å². The van der Waals surface area contributed by atoms with E-state index in [4.69, 9.17) is 0 Å². The third kappa shape index (κ3) is 3.40. The first-order valence-electron chi connectivity index (χ1n) is 7.09. The summed E-state index contributed by atoms with van der Waals surface area (Å²) in [6.45, 7) is 1.84. The standard InChI is InChI=1S/C18H14FN3O/c1-12-10-16(15-4-2-3-5-17(15)21-12)18(23)22-20-11-13-6-8-14(19)9-7-13/h2-11H,1H3,(H,22,23)/b20-11-. The van der Waals surface area contributed by atoms with Gasteiger partial charge in [-0.05, 0) is 36.8 Å². The second-order valence-electron chi connectivity index (χ2n) is 5.08. The first kappa shape index (κ1) is 14.8. The fraction of sp³-hybridized carbons (Fsp3) is 0.0556. The van der Waals surface area contributed by atoms with Crippen molar-refractivity contribution in [2.45, 2.75) is 6.92 Å². The molecule has 0 fully saturated rings. The summed E-state index contributed by atoms with van der Waals surface area (Å²) in [6.07, 6.45) is 1.47. The molecule has 1 aromatic heterocycles. The molecule has 0 radical (unpaired) electrons. The van der Waals surface area contributed by atoms with E-state index in [9.17, 15) is 9.18 Å². The van der Waals surface area contributed by atoms with Crippen LogP contribution in [0.1, 0.15) is 21.6 Å². The van der Waals surface area contributed by atoms with Crippen LogP contribution in [0.5, 0.6) is 0 Å². The Balaban J connectivity index is 1.82. The van der Waals surface area contributed by atoms with Crippen LogP contribution in [-0.4, -0.2) is 17.1 Å². The normalized spacial score (nSPS) is 11.0. The Hall–Kier alpha value is -3.08. The van der Waals surface area contributed by atoms with Gasteiger partial charge in [-0.15, -0.1) is 0 Å². The van der Waals surface area contributed by atoms with Gasteiger partial charge in [-0.3, -0.25) is 9.78 Å². The highest BCUT2D eigenvalue weighted by atomic mass is 19.1. The molecule has 1 amide bonds. The predicted molar refractivity (Wildman–Crippen MR) is 87.9 cm³/mol. The molecule has 0 saturated heterocycles. The first-order chi connectivity index (χ1) is 11.1. The third-order valence-electron chi connectivity index (χ3n) is 3.34. The lowest BCUT2D eigenvalue weighted by Crippen LogP contribution is -2.18. The lowest BCUT2D eigenvalue weighted by molar-refractivity contribution is 0.0956. The molecule has 23 heavy (non-hydrogen) atoms. The fourth-order valence-corrected chi connectivity index (χ4v) is 2.27. The van der Waals surface area contributed by atoms with Crippen LogP contribution in [0.25, 0.3) is 10.9 Å². The average Bonchev–Trinajstić information content (AvgIpc) is 2.55. The highest BCUT2D eigenvalue weighted by Crippen LogP contribution is 2.18. The second-order valence-corrected chi connectivity index (χ2v) is 5.08. The summed E-state index contributed by atoms with van der Waals surface area (Å²) < 4.78 is 12.8. The minimum Gasteiger partial charge on any atom is -0.267 e. The maximum Gasteiger partial charge on any atom is 0.272 e. The van der Waals surface area contributed by atoms with Crippen molar-refractivity contribution in [2.75, 3.05) is 0 Å². The zero-order valence-electron chi connectivity index (χ0n) is 12.5. The van der Waals surface area contributed by atoms with E-state index in [0.29, 0.717) is 11.1 Å². The van der Waals surface area contributed by atoms with Crippen molar-refractivity contribution >= 4 is 23.0 Å². The van der Waals surface area contributed by atoms with Crippen LogP contribution in [0.3, 0.4) is 0 Å². The number of aromatic nitrogens is 1. The van der Waals surface area contributed by atoms with E-state index in [1.54, 1.807) is 18.2 Å². The highest BCUT2D eigenvalue weighted by molar-refractivity contribution is 6.06. The number of carbonyl (C=O) groups is 1. The summed E-state index contributed by atoms with van der Waals surface area (Å²) in [5, 5.41) is 4.69. The van der Waals surface area contributed by atoms with Crippen molar-refractivity contribution in [3.05, 3.63) is 77.2 Å². The highest BCUT2D eigenvalue weighted by Gasteiger charge is 2.10. The minimum atomic E-state index is -0.315. The molecule has 0 bridgehead atoms. The molecule has 0 aliphatic heterocycles. The van der Waals surface area contributed by atoms with Crippen LogP contribution in [0, 0.1) is 12.7 Å². The molecule has 1 heterocycles. The SMILES string of the molecule is Cc1cc(C(=O)N/N=C\c2ccc(F)cc2)c2ccccc2n1. The second kappa shape index (κ2) is 6.36. The lowest BCUT2D eigenvalue weighted by Gasteiger charge is -2.06. The van der Waals surface area contributed by atoms with E-state index in [1.165, 1.54) is 18.3 Å². The summed E-state index contributed by atoms with van der Waals surface area (Å²) in [5.41, 5.74) is 5.23. The van der Waals surface area contributed by atoms with E-state index < -0.39 is 0 Å². The molecular formula is C18H14FN3O. The number of amides is 1. The third-order valence-corrected chi connectivity index (χ3v) is 3.34. The molecule has 0 aliphatic rings. The van der Waals surface area contributed by atoms with Crippen LogP contribution in [0.15, 0.2) is 59.7 Å². The molecule has 114 valence electrons. The molecule has 2 aromatic carbocycles. The topological polar surface area (TPSA) is 54.4 Å². The van der Waals surface area contributed by atoms with Crippen LogP contribution in [0.4, 0.5) is 4.39 Å². The number of halogens is 1. The Morgan fingerprint density at radius 1 is 1.17 bits per heavy atom. The van der Waals surface area contributed by atoms with Gasteiger partial charge >= 0.3 is 0 Å². The van der Waals surface area contributed by atoms with Crippen LogP contribution in [-0.2, 0) is 0 Å². The molecule has 1 N–H and O–H groups in total. The molecule has 0 saturated carbocycles.